The quantitative estimate of drug-likeness (QED) is 0.264. The molecule has 0 fully saturated rings. The van der Waals surface area contributed by atoms with Crippen LogP contribution >= 0.6 is 11.6 Å². The van der Waals surface area contributed by atoms with Gasteiger partial charge >= 0.3 is 5.97 Å². The summed E-state index contributed by atoms with van der Waals surface area (Å²) >= 11 is 6.06. The molecule has 3 aromatic carbocycles. The second-order valence-electron chi connectivity index (χ2n) is 9.18. The Bertz CT molecular complexity index is 1510. The highest BCUT2D eigenvalue weighted by Crippen LogP contribution is 2.33. The highest BCUT2D eigenvalue weighted by atomic mass is 35.5. The molecule has 0 spiro atoms. The maximum atomic E-state index is 13.6. The molecule has 0 saturated heterocycles. The van der Waals surface area contributed by atoms with Crippen LogP contribution in [-0.4, -0.2) is 33.6 Å². The highest BCUT2D eigenvalue weighted by Gasteiger charge is 2.24. The molecule has 2 N–H and O–H groups in total. The fraction of sp³-hybridized carbons (Fsp3) is 0.241. The van der Waals surface area contributed by atoms with Crippen LogP contribution in [0.1, 0.15) is 53.3 Å². The second-order valence-corrected chi connectivity index (χ2v) is 9.61. The van der Waals surface area contributed by atoms with Gasteiger partial charge in [0.1, 0.15) is 11.6 Å². The van der Waals surface area contributed by atoms with Crippen molar-refractivity contribution in [3.63, 3.8) is 0 Å². The first kappa shape index (κ1) is 25.6. The number of carboxylic acids is 1. The summed E-state index contributed by atoms with van der Waals surface area (Å²) in [6, 6.07) is 16.5. The Kier molecular flexibility index (Phi) is 7.51. The molecule has 38 heavy (non-hydrogen) atoms. The largest absolute Gasteiger partial charge is 0.493 e. The molecular formula is C29H25ClFN3O4. The Labute approximate surface area is 223 Å². The van der Waals surface area contributed by atoms with Crippen LogP contribution in [0.25, 0.3) is 22.3 Å². The number of benzene rings is 3. The van der Waals surface area contributed by atoms with Crippen LogP contribution in [0, 0.1) is 5.82 Å². The molecule has 5 rings (SSSR count). The lowest BCUT2D eigenvalue weighted by Gasteiger charge is -2.26. The van der Waals surface area contributed by atoms with E-state index in [1.54, 1.807) is 36.4 Å². The van der Waals surface area contributed by atoms with Gasteiger partial charge in [-0.2, -0.15) is 0 Å². The van der Waals surface area contributed by atoms with Gasteiger partial charge in [0.15, 0.2) is 0 Å². The molecule has 1 aromatic heterocycles. The molecule has 1 aliphatic rings. The normalized spacial score (nSPS) is 14.5. The average molecular weight is 534 g/mol. The van der Waals surface area contributed by atoms with E-state index in [0.29, 0.717) is 65.4 Å². The first-order valence-electron chi connectivity index (χ1n) is 12.4. The van der Waals surface area contributed by atoms with E-state index in [2.05, 4.69) is 5.32 Å². The van der Waals surface area contributed by atoms with Gasteiger partial charge in [0.05, 0.1) is 35.1 Å². The number of nitrogens with one attached hydrogen (secondary N) is 1. The van der Waals surface area contributed by atoms with E-state index < -0.39 is 5.97 Å². The topological polar surface area (TPSA) is 101 Å². The summed E-state index contributed by atoms with van der Waals surface area (Å²) in [4.78, 5) is 33.8. The number of carbonyl (C=O) groups is 2. The maximum Gasteiger partial charge on any atom is 0.303 e. The third-order valence-electron chi connectivity index (χ3n) is 6.49. The molecule has 0 radical (unpaired) electrons. The van der Waals surface area contributed by atoms with Crippen molar-refractivity contribution in [2.45, 2.75) is 38.1 Å². The summed E-state index contributed by atoms with van der Waals surface area (Å²) in [6.45, 7) is 0.378. The van der Waals surface area contributed by atoms with Crippen LogP contribution < -0.4 is 10.1 Å². The number of halogens is 2. The molecule has 0 unspecified atom stereocenters. The van der Waals surface area contributed by atoms with Gasteiger partial charge in [0.2, 0.25) is 0 Å². The third kappa shape index (κ3) is 5.75. The molecule has 1 amide bonds. The predicted molar refractivity (Wildman–Crippen MR) is 142 cm³/mol. The van der Waals surface area contributed by atoms with Gasteiger partial charge < -0.3 is 15.2 Å². The first-order chi connectivity index (χ1) is 18.4. The van der Waals surface area contributed by atoms with Crippen molar-refractivity contribution in [2.24, 2.45) is 0 Å². The number of carboxylic acid groups (broad SMARTS) is 1. The molecule has 1 atom stereocenters. The standard InChI is InChI=1S/C29H25ClFN3O4/c30-19-8-5-17(6-9-19)28-24(3-1-2-4-27(35)36)32-25-15-18(7-12-23(25)33-28)29(37)34-22-13-14-38-26-16-20(31)10-11-21(22)26/h5-12,15-16,22H,1-4,13-14H2,(H,34,37)(H,35,36)/t22-/m0/s1. The number of hydrogen-bond donors (Lipinski definition) is 2. The highest BCUT2D eigenvalue weighted by molar-refractivity contribution is 6.30. The van der Waals surface area contributed by atoms with E-state index in [1.807, 2.05) is 12.1 Å². The van der Waals surface area contributed by atoms with Gasteiger partial charge in [-0.3, -0.25) is 9.59 Å². The number of hydrogen-bond acceptors (Lipinski definition) is 5. The Balaban J connectivity index is 1.43. The Morgan fingerprint density at radius 3 is 2.63 bits per heavy atom. The minimum Gasteiger partial charge on any atom is -0.493 e. The van der Waals surface area contributed by atoms with Crippen LogP contribution in [-0.2, 0) is 11.2 Å². The van der Waals surface area contributed by atoms with E-state index in [-0.39, 0.29) is 24.2 Å². The predicted octanol–water partition coefficient (Wildman–Crippen LogP) is 6.14. The van der Waals surface area contributed by atoms with Crippen LogP contribution in [0.4, 0.5) is 4.39 Å². The molecule has 0 bridgehead atoms. The number of nitrogens with zero attached hydrogens (tertiary/aromatic N) is 2. The lowest BCUT2D eigenvalue weighted by Crippen LogP contribution is -2.32. The number of unbranched alkanes of at least 4 members (excludes halogenated alkanes) is 1. The van der Waals surface area contributed by atoms with E-state index >= 15 is 0 Å². The number of fused-ring (bicyclic) bond motifs is 2. The molecular weight excluding hydrogens is 509 g/mol. The monoisotopic (exact) mass is 533 g/mol. The molecule has 4 aromatic rings. The third-order valence-corrected chi connectivity index (χ3v) is 6.74. The van der Waals surface area contributed by atoms with Gasteiger partial charge in [0.25, 0.3) is 5.91 Å². The number of aliphatic carboxylic acids is 1. The zero-order valence-corrected chi connectivity index (χ0v) is 21.2. The number of aromatic nitrogens is 2. The van der Waals surface area contributed by atoms with Gasteiger partial charge in [-0.15, -0.1) is 0 Å². The van der Waals surface area contributed by atoms with Crippen molar-refractivity contribution in [1.82, 2.24) is 15.3 Å². The van der Waals surface area contributed by atoms with Crippen molar-refractivity contribution in [3.05, 3.63) is 88.3 Å². The lowest BCUT2D eigenvalue weighted by atomic mass is 10.00. The fourth-order valence-electron chi connectivity index (χ4n) is 4.57. The molecule has 7 nitrogen and oxygen atoms in total. The first-order valence-corrected chi connectivity index (χ1v) is 12.8. The Morgan fingerprint density at radius 2 is 1.84 bits per heavy atom. The van der Waals surface area contributed by atoms with Crippen LogP contribution in [0.15, 0.2) is 60.7 Å². The zero-order chi connectivity index (χ0) is 26.6. The molecule has 9 heteroatoms. The molecule has 1 aliphatic heterocycles. The summed E-state index contributed by atoms with van der Waals surface area (Å²) in [5.74, 6) is -1.06. The Hall–Kier alpha value is -4.04. The number of ether oxygens (including phenoxy) is 1. The van der Waals surface area contributed by atoms with Crippen molar-refractivity contribution in [3.8, 4) is 17.0 Å². The van der Waals surface area contributed by atoms with Crippen LogP contribution in [0.2, 0.25) is 5.02 Å². The summed E-state index contributed by atoms with van der Waals surface area (Å²) in [5, 5.41) is 12.6. The SMILES string of the molecule is O=C(O)CCCCc1nc2cc(C(=O)N[C@H]3CCOc4cc(F)ccc43)ccc2nc1-c1ccc(Cl)cc1. The van der Waals surface area contributed by atoms with Crippen molar-refractivity contribution in [2.75, 3.05) is 6.61 Å². The minimum absolute atomic E-state index is 0.0869. The number of carbonyl (C=O) groups excluding carboxylic acids is 1. The van der Waals surface area contributed by atoms with Crippen molar-refractivity contribution >= 4 is 34.5 Å². The summed E-state index contributed by atoms with van der Waals surface area (Å²) in [6.07, 6.45) is 2.36. The van der Waals surface area contributed by atoms with Crippen molar-refractivity contribution in [1.29, 1.82) is 0 Å². The van der Waals surface area contributed by atoms with Crippen molar-refractivity contribution < 1.29 is 23.8 Å². The molecule has 0 aliphatic carbocycles. The molecule has 194 valence electrons. The average Bonchev–Trinajstić information content (AvgIpc) is 2.90. The number of amides is 1. The second kappa shape index (κ2) is 11.1. The van der Waals surface area contributed by atoms with E-state index in [0.717, 1.165) is 16.8 Å². The lowest BCUT2D eigenvalue weighted by molar-refractivity contribution is -0.137. The molecule has 0 saturated carbocycles. The smallest absolute Gasteiger partial charge is 0.303 e. The Morgan fingerprint density at radius 1 is 1.03 bits per heavy atom. The summed E-state index contributed by atoms with van der Waals surface area (Å²) in [7, 11) is 0. The number of aryl methyl sites for hydroxylation is 1. The van der Waals surface area contributed by atoms with Crippen LogP contribution in [0.3, 0.4) is 0 Å². The minimum atomic E-state index is -0.833. The molecule has 2 heterocycles. The van der Waals surface area contributed by atoms with Gasteiger partial charge in [-0.05, 0) is 55.7 Å². The zero-order valence-electron chi connectivity index (χ0n) is 20.4. The van der Waals surface area contributed by atoms with E-state index in [9.17, 15) is 14.0 Å². The van der Waals surface area contributed by atoms with Gasteiger partial charge in [0, 0.05) is 40.6 Å². The number of rotatable bonds is 8. The van der Waals surface area contributed by atoms with E-state index in [1.165, 1.54) is 12.1 Å². The summed E-state index contributed by atoms with van der Waals surface area (Å²) in [5.41, 5.74) is 4.65. The summed E-state index contributed by atoms with van der Waals surface area (Å²) < 4.78 is 19.2. The van der Waals surface area contributed by atoms with Gasteiger partial charge in [-0.1, -0.05) is 29.8 Å². The maximum absolute atomic E-state index is 13.6. The van der Waals surface area contributed by atoms with E-state index in [4.69, 9.17) is 31.4 Å². The van der Waals surface area contributed by atoms with Crippen LogP contribution in [0.5, 0.6) is 5.75 Å². The fourth-order valence-corrected chi connectivity index (χ4v) is 4.69. The van der Waals surface area contributed by atoms with Gasteiger partial charge in [-0.25, -0.2) is 14.4 Å².